The van der Waals surface area contributed by atoms with Crippen molar-refractivity contribution in [1.82, 2.24) is 5.32 Å². The van der Waals surface area contributed by atoms with E-state index < -0.39 is 23.8 Å². The molecule has 1 saturated heterocycles. The van der Waals surface area contributed by atoms with Gasteiger partial charge in [0.2, 0.25) is 0 Å². The molecule has 10 heteroatoms. The van der Waals surface area contributed by atoms with Crippen LogP contribution in [-0.2, 0) is 19.1 Å². The fourth-order valence-corrected chi connectivity index (χ4v) is 3.53. The number of nitrogens with zero attached hydrogens (tertiary/aromatic N) is 1. The maximum atomic E-state index is 12.9. The number of carbonyl (C=O) groups is 4. The van der Waals surface area contributed by atoms with E-state index in [0.29, 0.717) is 20.6 Å². The first-order chi connectivity index (χ1) is 14.3. The number of imide groups is 2. The van der Waals surface area contributed by atoms with Crippen molar-refractivity contribution in [2.75, 3.05) is 18.6 Å². The normalized spacial score (nSPS) is 15.2. The van der Waals surface area contributed by atoms with Gasteiger partial charge in [0.25, 0.3) is 11.8 Å². The Labute approximate surface area is 193 Å². The van der Waals surface area contributed by atoms with Gasteiger partial charge in [-0.3, -0.25) is 14.9 Å². The fourth-order valence-electron chi connectivity index (χ4n) is 2.57. The second-order valence-corrected chi connectivity index (χ2v) is 8.07. The van der Waals surface area contributed by atoms with E-state index in [9.17, 15) is 19.2 Å². The number of amides is 4. The number of hydrogen-bond donors (Lipinski definition) is 1. The van der Waals surface area contributed by atoms with Gasteiger partial charge in [0, 0.05) is 4.47 Å². The van der Waals surface area contributed by atoms with Gasteiger partial charge >= 0.3 is 12.0 Å². The molecule has 0 bridgehead atoms. The Morgan fingerprint density at radius 1 is 1.17 bits per heavy atom. The third kappa shape index (κ3) is 4.87. The number of esters is 1. The first-order valence-corrected chi connectivity index (χ1v) is 10.3. The van der Waals surface area contributed by atoms with E-state index in [0.717, 1.165) is 9.37 Å². The van der Waals surface area contributed by atoms with Crippen LogP contribution < -0.4 is 15.0 Å². The van der Waals surface area contributed by atoms with Gasteiger partial charge in [-0.15, -0.1) is 0 Å². The summed E-state index contributed by atoms with van der Waals surface area (Å²) in [6.07, 6.45) is 1.39. The zero-order chi connectivity index (χ0) is 21.8. The molecule has 8 nitrogen and oxygen atoms in total. The third-order valence-electron chi connectivity index (χ3n) is 4.03. The summed E-state index contributed by atoms with van der Waals surface area (Å²) in [7, 11) is 1.26. The van der Waals surface area contributed by atoms with Crippen LogP contribution in [0, 0.1) is 3.57 Å². The summed E-state index contributed by atoms with van der Waals surface area (Å²) in [4.78, 5) is 49.5. The minimum Gasteiger partial charge on any atom is -0.481 e. The molecule has 3 rings (SSSR count). The number of benzene rings is 2. The Balaban J connectivity index is 1.88. The number of ether oxygens (including phenoxy) is 2. The highest BCUT2D eigenvalue weighted by Gasteiger charge is 2.36. The molecular formula is C20H14BrIN2O6. The van der Waals surface area contributed by atoms with Gasteiger partial charge in [-0.25, -0.2) is 14.5 Å². The van der Waals surface area contributed by atoms with Crippen LogP contribution in [0.15, 0.2) is 52.5 Å². The monoisotopic (exact) mass is 584 g/mol. The first kappa shape index (κ1) is 22.0. The van der Waals surface area contributed by atoms with Crippen molar-refractivity contribution in [3.8, 4) is 5.75 Å². The molecule has 154 valence electrons. The summed E-state index contributed by atoms with van der Waals surface area (Å²) >= 11 is 5.30. The maximum Gasteiger partial charge on any atom is 0.343 e. The van der Waals surface area contributed by atoms with Gasteiger partial charge in [0.05, 0.1) is 16.4 Å². The number of barbiturate groups is 1. The van der Waals surface area contributed by atoms with E-state index >= 15 is 0 Å². The van der Waals surface area contributed by atoms with Gasteiger partial charge < -0.3 is 9.47 Å². The van der Waals surface area contributed by atoms with E-state index in [1.54, 1.807) is 42.5 Å². The van der Waals surface area contributed by atoms with Crippen molar-refractivity contribution < 1.29 is 28.7 Å². The van der Waals surface area contributed by atoms with Crippen LogP contribution in [0.4, 0.5) is 10.5 Å². The molecule has 30 heavy (non-hydrogen) atoms. The standard InChI is InChI=1S/C20H14BrIN2O6/c1-29-17(25)10-30-16-7-2-11(9-15(16)22)8-14-18(26)23-20(28)24(19(14)27)13-5-3-12(21)4-6-13/h2-9H,10H2,1H3,(H,23,26,28)/b14-8+. The smallest absolute Gasteiger partial charge is 0.343 e. The van der Waals surface area contributed by atoms with Crippen LogP contribution in [0.1, 0.15) is 5.56 Å². The molecule has 0 radical (unpaired) electrons. The second-order valence-electron chi connectivity index (χ2n) is 5.99. The molecular weight excluding hydrogens is 571 g/mol. The minimum absolute atomic E-state index is 0.184. The number of anilines is 1. The van der Waals surface area contributed by atoms with Crippen molar-refractivity contribution in [2.24, 2.45) is 0 Å². The quantitative estimate of drug-likeness (QED) is 0.250. The molecule has 1 aliphatic rings. The highest BCUT2D eigenvalue weighted by molar-refractivity contribution is 14.1. The van der Waals surface area contributed by atoms with E-state index in [2.05, 4.69) is 26.0 Å². The molecule has 1 aliphatic heterocycles. The molecule has 0 aromatic heterocycles. The lowest BCUT2D eigenvalue weighted by molar-refractivity contribution is -0.143. The molecule has 4 amide bonds. The van der Waals surface area contributed by atoms with Crippen LogP contribution in [0.5, 0.6) is 5.75 Å². The zero-order valence-electron chi connectivity index (χ0n) is 15.5. The third-order valence-corrected chi connectivity index (χ3v) is 5.40. The minimum atomic E-state index is -0.814. The summed E-state index contributed by atoms with van der Waals surface area (Å²) in [6, 6.07) is 10.7. The lowest BCUT2D eigenvalue weighted by Gasteiger charge is -2.26. The molecule has 2 aromatic rings. The Morgan fingerprint density at radius 3 is 2.50 bits per heavy atom. The molecule has 1 heterocycles. The number of carbonyl (C=O) groups excluding carboxylic acids is 4. The van der Waals surface area contributed by atoms with Crippen LogP contribution in [0.3, 0.4) is 0 Å². The lowest BCUT2D eigenvalue weighted by atomic mass is 10.1. The molecule has 2 aromatic carbocycles. The predicted molar refractivity (Wildman–Crippen MR) is 120 cm³/mol. The number of urea groups is 1. The summed E-state index contributed by atoms with van der Waals surface area (Å²) in [5, 5.41) is 2.18. The molecule has 0 atom stereocenters. The Morgan fingerprint density at radius 2 is 1.87 bits per heavy atom. The zero-order valence-corrected chi connectivity index (χ0v) is 19.2. The number of rotatable bonds is 5. The van der Waals surface area contributed by atoms with Crippen molar-refractivity contribution in [3.05, 3.63) is 61.6 Å². The number of hydrogen-bond acceptors (Lipinski definition) is 6. The van der Waals surface area contributed by atoms with Crippen LogP contribution in [0.25, 0.3) is 6.08 Å². The number of methoxy groups -OCH3 is 1. The SMILES string of the molecule is COC(=O)COc1ccc(/C=C2\C(=O)NC(=O)N(c3ccc(Br)cc3)C2=O)cc1I. The second kappa shape index (κ2) is 9.39. The summed E-state index contributed by atoms with van der Waals surface area (Å²) in [5.41, 5.74) is 0.699. The van der Waals surface area contributed by atoms with Gasteiger partial charge in [-0.1, -0.05) is 22.0 Å². The van der Waals surface area contributed by atoms with Crippen molar-refractivity contribution in [1.29, 1.82) is 0 Å². The Bertz CT molecular complexity index is 1070. The van der Waals surface area contributed by atoms with Crippen LogP contribution in [0.2, 0.25) is 0 Å². The van der Waals surface area contributed by atoms with E-state index in [1.165, 1.54) is 13.2 Å². The summed E-state index contributed by atoms with van der Waals surface area (Å²) in [6.45, 7) is -0.238. The Hall–Kier alpha value is -2.73. The average molecular weight is 585 g/mol. The van der Waals surface area contributed by atoms with E-state index in [-0.39, 0.29) is 12.2 Å². The van der Waals surface area contributed by atoms with Gasteiger partial charge in [-0.2, -0.15) is 0 Å². The van der Waals surface area contributed by atoms with E-state index in [4.69, 9.17) is 4.74 Å². The molecule has 1 fully saturated rings. The van der Waals surface area contributed by atoms with Gasteiger partial charge in [0.1, 0.15) is 11.3 Å². The molecule has 0 aliphatic carbocycles. The first-order valence-electron chi connectivity index (χ1n) is 8.46. The van der Waals surface area contributed by atoms with E-state index in [1.807, 2.05) is 22.6 Å². The largest absolute Gasteiger partial charge is 0.481 e. The Kier molecular flexibility index (Phi) is 6.87. The van der Waals surface area contributed by atoms with Gasteiger partial charge in [-0.05, 0) is 70.6 Å². The predicted octanol–water partition coefficient (Wildman–Crippen LogP) is 3.27. The van der Waals surface area contributed by atoms with Crippen LogP contribution >= 0.6 is 38.5 Å². The van der Waals surface area contributed by atoms with Gasteiger partial charge in [0.15, 0.2) is 6.61 Å². The molecule has 0 spiro atoms. The lowest BCUT2D eigenvalue weighted by Crippen LogP contribution is -2.54. The maximum absolute atomic E-state index is 12.9. The van der Waals surface area contributed by atoms with Crippen molar-refractivity contribution >= 4 is 74.1 Å². The number of halogens is 2. The fraction of sp³-hybridized carbons (Fsp3) is 0.100. The highest BCUT2D eigenvalue weighted by Crippen LogP contribution is 2.26. The van der Waals surface area contributed by atoms with Crippen molar-refractivity contribution in [3.63, 3.8) is 0 Å². The number of nitrogens with one attached hydrogen (secondary N) is 1. The molecule has 1 N–H and O–H groups in total. The summed E-state index contributed by atoms with van der Waals surface area (Å²) in [5.74, 6) is -1.57. The molecule has 0 unspecified atom stereocenters. The van der Waals surface area contributed by atoms with Crippen LogP contribution in [-0.4, -0.2) is 37.5 Å². The highest BCUT2D eigenvalue weighted by atomic mass is 127. The van der Waals surface area contributed by atoms with Crippen molar-refractivity contribution in [2.45, 2.75) is 0 Å². The molecule has 0 saturated carbocycles. The topological polar surface area (TPSA) is 102 Å². The average Bonchev–Trinajstić information content (AvgIpc) is 2.71. The summed E-state index contributed by atoms with van der Waals surface area (Å²) < 4.78 is 11.3.